The number of hydrogen-bond acceptors (Lipinski definition) is 2. The maximum absolute atomic E-state index is 10.1. The topological polar surface area (TPSA) is 6.48 Å². The van der Waals surface area contributed by atoms with Crippen LogP contribution in [0.5, 0.6) is 0 Å². The SMILES string of the molecule is [2H]c1c([2H])c([2H])c(-c2c([2H])c([2H])c(N(c3c([2H])c([2H])c([2H])c([2H])c3[2H])c3c([2H])c([2H])c(-c4c([2H])c([2H])c5c([2H])c([2H])c([2H])c([2H])c5c4N4c5c([2H])c([2H])c([2H])c([2H])c5C(C([2H])([2H])[2H])(C([2H])([2H])[2H])c5c([2H])c(-c6c([2H])c([2H])c([2H])c([2H])c6[2H])c([2H])c([2H])c54)c([2H])c3[2H])c([2H])c2[2H])c([2H])c1[2H]. The molecular formula is C55H42N2. The molecule has 0 spiro atoms. The summed E-state index contributed by atoms with van der Waals surface area (Å²) < 4.78 is 385. The van der Waals surface area contributed by atoms with Crippen molar-refractivity contribution in [3.63, 3.8) is 0 Å². The summed E-state index contributed by atoms with van der Waals surface area (Å²) in [6, 6.07) is -47.3. The van der Waals surface area contributed by atoms with Crippen LogP contribution in [0.4, 0.5) is 34.1 Å². The van der Waals surface area contributed by atoms with Crippen molar-refractivity contribution >= 4 is 44.9 Å². The van der Waals surface area contributed by atoms with Crippen LogP contribution in [-0.2, 0) is 5.41 Å². The van der Waals surface area contributed by atoms with Gasteiger partial charge in [-0.15, -0.1) is 0 Å². The van der Waals surface area contributed by atoms with E-state index in [0.717, 1.165) is 0 Å². The van der Waals surface area contributed by atoms with Crippen LogP contribution in [-0.4, -0.2) is 0 Å². The number of anilines is 6. The van der Waals surface area contributed by atoms with Crippen LogP contribution < -0.4 is 9.80 Å². The van der Waals surface area contributed by atoms with Crippen LogP contribution >= 0.6 is 0 Å². The number of hydrogen-bond donors (Lipinski definition) is 0. The van der Waals surface area contributed by atoms with Gasteiger partial charge in [0, 0.05) is 41.7 Å². The Hall–Kier alpha value is -7.16. The average Bonchev–Trinajstić information content (AvgIpc) is 0.658. The molecule has 9 aromatic rings. The summed E-state index contributed by atoms with van der Waals surface area (Å²) in [5.74, 6) is 0. The summed E-state index contributed by atoms with van der Waals surface area (Å²) in [5, 5.41) is -2.26. The van der Waals surface area contributed by atoms with E-state index >= 15 is 0 Å². The van der Waals surface area contributed by atoms with Gasteiger partial charge in [0.25, 0.3) is 0 Å². The first-order valence-corrected chi connectivity index (χ1v) is 16.3. The van der Waals surface area contributed by atoms with Crippen LogP contribution in [0.2, 0.25) is 0 Å². The summed E-state index contributed by atoms with van der Waals surface area (Å²) in [5.41, 5.74) is -22.8. The van der Waals surface area contributed by atoms with E-state index in [1.54, 1.807) is 0 Å². The first-order chi connectivity index (χ1) is 45.5. The predicted molar refractivity (Wildman–Crippen MR) is 242 cm³/mol. The highest BCUT2D eigenvalue weighted by molar-refractivity contribution is 6.07. The van der Waals surface area contributed by atoms with Gasteiger partial charge in [-0.2, -0.15) is 0 Å². The molecule has 272 valence electrons. The molecule has 0 aliphatic carbocycles. The Kier molecular flexibility index (Phi) is 2.90. The van der Waals surface area contributed by atoms with Gasteiger partial charge in [-0.3, -0.25) is 0 Å². The van der Waals surface area contributed by atoms with Gasteiger partial charge in [0.05, 0.1) is 66.4 Å². The average molecular weight is 773 g/mol. The lowest BCUT2D eigenvalue weighted by molar-refractivity contribution is 0.632. The number of fused-ring (bicyclic) bond motifs is 3. The Labute approximate surface area is 394 Å². The minimum atomic E-state index is -4.33. The number of benzene rings is 9. The molecule has 0 bridgehead atoms. The smallest absolute Gasteiger partial charge is 0.0645 e. The van der Waals surface area contributed by atoms with E-state index in [0.29, 0.717) is 0 Å². The summed E-state index contributed by atoms with van der Waals surface area (Å²) >= 11 is 0. The molecule has 10 rings (SSSR count). The van der Waals surface area contributed by atoms with Crippen molar-refractivity contribution in [2.75, 3.05) is 9.80 Å². The maximum atomic E-state index is 10.1. The minimum absolute atomic E-state index is 0.161. The molecule has 2 heteroatoms. The first-order valence-electron chi connectivity index (χ1n) is 37.3. The summed E-state index contributed by atoms with van der Waals surface area (Å²) in [6.07, 6.45) is 0. The second kappa shape index (κ2) is 14.2. The van der Waals surface area contributed by atoms with Crippen LogP contribution in [0.1, 0.15) is 82.4 Å². The van der Waals surface area contributed by atoms with Gasteiger partial charge in [-0.1, -0.05) is 177 Å². The molecule has 0 unspecified atom stereocenters. The zero-order valence-electron chi connectivity index (χ0n) is 70.4. The monoisotopic (exact) mass is 773 g/mol. The van der Waals surface area contributed by atoms with E-state index in [-0.39, 0.29) is 9.80 Å². The summed E-state index contributed by atoms with van der Waals surface area (Å²) in [7, 11) is 0. The van der Waals surface area contributed by atoms with E-state index in [2.05, 4.69) is 0 Å². The number of rotatable bonds is 7. The van der Waals surface area contributed by atoms with Crippen LogP contribution in [0.25, 0.3) is 44.2 Å². The molecule has 2 nitrogen and oxygen atoms in total. The zero-order valence-corrected chi connectivity index (χ0v) is 28.4. The lowest BCUT2D eigenvalue weighted by Crippen LogP contribution is -2.31. The standard InChI is InChI=1S/C55H42N2/c1-55(2)50-24-14-15-25-52(50)57(53-37-31-44(38-51(53)55)40-18-8-4-9-19-40)54-48-23-13-12-20-42(48)30-36-49(54)43-28-34-47(35-29-43)56(45-21-10-5-11-22-45)46-32-26-41(27-33-46)39-16-6-3-7-17-39/h3-38H,1-2H3/i1D3,2D3,3D,4D,5D,6D,7D,8D,9D,10D,11D,12D,13D,14D,15D,16D,17D,18D,19D,20D,21D,22D,23D,24D,25D,26D,27D,28D,29D,30D,31D,32D,33D,34D,35D,36D,37D,38D. The van der Waals surface area contributed by atoms with Crippen molar-refractivity contribution in [1.29, 1.82) is 0 Å². The Bertz CT molecular complexity index is 5050. The largest absolute Gasteiger partial charge is 0.311 e. The third-order valence-electron chi connectivity index (χ3n) is 8.49. The van der Waals surface area contributed by atoms with E-state index < -0.39 is 326 Å². The molecule has 57 heavy (non-hydrogen) atoms. The summed E-state index contributed by atoms with van der Waals surface area (Å²) in [4.78, 5) is 0.382. The Morgan fingerprint density at radius 1 is 0.421 bits per heavy atom. The maximum Gasteiger partial charge on any atom is 0.0645 e. The van der Waals surface area contributed by atoms with Crippen LogP contribution in [0, 0.1) is 0 Å². The Morgan fingerprint density at radius 3 is 1.61 bits per heavy atom. The van der Waals surface area contributed by atoms with E-state index in [1.807, 2.05) is 0 Å². The molecule has 0 N–H and O–H groups in total. The lowest BCUT2D eigenvalue weighted by atomic mass is 9.72. The zero-order chi connectivity index (χ0) is 74.7. The fraction of sp³-hybridized carbons (Fsp3) is 0.0545. The van der Waals surface area contributed by atoms with E-state index in [4.69, 9.17) is 26.0 Å². The van der Waals surface area contributed by atoms with Crippen molar-refractivity contribution in [3.8, 4) is 33.4 Å². The Morgan fingerprint density at radius 2 is 0.930 bits per heavy atom. The molecule has 1 heterocycles. The van der Waals surface area contributed by atoms with Gasteiger partial charge in [0.15, 0.2) is 0 Å². The molecule has 0 aromatic heterocycles. The lowest BCUT2D eigenvalue weighted by Gasteiger charge is -2.43. The molecule has 0 saturated carbocycles. The third kappa shape index (κ3) is 6.07. The van der Waals surface area contributed by atoms with Crippen molar-refractivity contribution < 1.29 is 57.6 Å². The first kappa shape index (κ1) is 11.7. The van der Waals surface area contributed by atoms with Crippen LogP contribution in [0.15, 0.2) is 218 Å². The second-order valence-electron chi connectivity index (χ2n) is 11.8. The molecule has 0 atom stereocenters. The highest BCUT2D eigenvalue weighted by Gasteiger charge is 2.38. The molecule has 0 saturated heterocycles. The quantitative estimate of drug-likeness (QED) is 0.159. The fourth-order valence-electron chi connectivity index (χ4n) is 5.99. The van der Waals surface area contributed by atoms with Crippen molar-refractivity contribution in [2.45, 2.75) is 19.1 Å². The predicted octanol–water partition coefficient (Wildman–Crippen LogP) is 15.4. The van der Waals surface area contributed by atoms with Gasteiger partial charge in [0.2, 0.25) is 0 Å². The van der Waals surface area contributed by atoms with Gasteiger partial charge in [-0.25, -0.2) is 0 Å². The molecule has 9 aromatic carbocycles. The van der Waals surface area contributed by atoms with Gasteiger partial charge >= 0.3 is 0 Å². The minimum Gasteiger partial charge on any atom is -0.311 e. The molecule has 0 amide bonds. The van der Waals surface area contributed by atoms with Gasteiger partial charge in [0.1, 0.15) is 0 Å². The third-order valence-corrected chi connectivity index (χ3v) is 8.49. The van der Waals surface area contributed by atoms with Crippen molar-refractivity contribution in [2.24, 2.45) is 0 Å². The highest BCUT2D eigenvalue weighted by Crippen LogP contribution is 2.55. The highest BCUT2D eigenvalue weighted by atomic mass is 15.2. The van der Waals surface area contributed by atoms with Crippen molar-refractivity contribution in [1.82, 2.24) is 0 Å². The van der Waals surface area contributed by atoms with Crippen molar-refractivity contribution in [3.05, 3.63) is 229 Å². The molecule has 0 fully saturated rings. The molecule has 0 radical (unpaired) electrons. The molecular weight excluding hydrogens is 689 g/mol. The van der Waals surface area contributed by atoms with E-state index in [1.165, 1.54) is 0 Å². The normalized spacial score (nSPS) is 23.7. The second-order valence-corrected chi connectivity index (χ2v) is 11.8. The molecule has 1 aliphatic rings. The summed E-state index contributed by atoms with van der Waals surface area (Å²) in [6.45, 7) is -8.67. The number of para-hydroxylation sites is 2. The fourth-order valence-corrected chi connectivity index (χ4v) is 5.99. The van der Waals surface area contributed by atoms with Gasteiger partial charge in [-0.05, 0) is 98.7 Å². The molecule has 1 aliphatic heterocycles. The number of nitrogens with zero attached hydrogens (tertiary/aromatic N) is 2. The van der Waals surface area contributed by atoms with E-state index in [9.17, 15) is 31.5 Å². The van der Waals surface area contributed by atoms with Gasteiger partial charge < -0.3 is 9.80 Å². The Balaban J connectivity index is 1.49. The van der Waals surface area contributed by atoms with Crippen LogP contribution in [0.3, 0.4) is 0 Å².